The Kier molecular flexibility index (Phi) is 3.76. The molecule has 1 fully saturated rings. The van der Waals surface area contributed by atoms with Crippen LogP contribution in [0, 0.1) is 17.2 Å². The number of Topliss-reactive ketones (excluding diaryl/α,β-unsaturated/α-hetero) is 1. The van der Waals surface area contributed by atoms with Crippen molar-refractivity contribution in [2.45, 2.75) is 39.5 Å². The minimum absolute atomic E-state index is 0.0353. The molecule has 1 nitrogen and oxygen atoms in total. The lowest BCUT2D eigenvalue weighted by atomic mass is 9.78. The van der Waals surface area contributed by atoms with Gasteiger partial charge < -0.3 is 0 Å². The Morgan fingerprint density at radius 2 is 2.22 bits per heavy atom. The van der Waals surface area contributed by atoms with E-state index in [4.69, 9.17) is 11.6 Å². The van der Waals surface area contributed by atoms with Crippen LogP contribution in [0.4, 0.5) is 4.39 Å². The molecular weight excluding hydrogens is 251 g/mol. The highest BCUT2D eigenvalue weighted by Gasteiger charge is 2.39. The molecule has 1 atom stereocenters. The van der Waals surface area contributed by atoms with Crippen LogP contribution in [-0.2, 0) is 11.2 Å². The lowest BCUT2D eigenvalue weighted by Gasteiger charge is -2.25. The third-order valence-corrected chi connectivity index (χ3v) is 4.41. The maximum Gasteiger partial charge on any atom is 0.141 e. The highest BCUT2D eigenvalue weighted by molar-refractivity contribution is 6.31. The number of ketones is 1. The Labute approximate surface area is 112 Å². The predicted molar refractivity (Wildman–Crippen MR) is 71.2 cm³/mol. The molecular formula is C15H18ClFO. The zero-order valence-corrected chi connectivity index (χ0v) is 11.6. The van der Waals surface area contributed by atoms with Crippen LogP contribution in [0.3, 0.4) is 0 Å². The van der Waals surface area contributed by atoms with Crippen LogP contribution in [0.1, 0.15) is 38.7 Å². The Bertz CT molecular complexity index is 447. The van der Waals surface area contributed by atoms with E-state index in [0.29, 0.717) is 10.6 Å². The van der Waals surface area contributed by atoms with E-state index >= 15 is 0 Å². The lowest BCUT2D eigenvalue weighted by Crippen LogP contribution is -2.27. The van der Waals surface area contributed by atoms with Gasteiger partial charge in [-0.05, 0) is 30.4 Å². The van der Waals surface area contributed by atoms with Crippen LogP contribution in [0.2, 0.25) is 5.02 Å². The van der Waals surface area contributed by atoms with Gasteiger partial charge in [0.05, 0.1) is 0 Å². The van der Waals surface area contributed by atoms with Crippen molar-refractivity contribution in [2.24, 2.45) is 11.3 Å². The summed E-state index contributed by atoms with van der Waals surface area (Å²) in [4.78, 5) is 12.3. The number of hydrogen-bond acceptors (Lipinski definition) is 1. The summed E-state index contributed by atoms with van der Waals surface area (Å²) in [5, 5.41) is 0.346. The topological polar surface area (TPSA) is 17.1 Å². The fraction of sp³-hybridized carbons (Fsp3) is 0.533. The van der Waals surface area contributed by atoms with E-state index in [1.165, 1.54) is 6.07 Å². The van der Waals surface area contributed by atoms with Crippen molar-refractivity contribution in [3.63, 3.8) is 0 Å². The molecule has 0 radical (unpaired) electrons. The number of hydrogen-bond donors (Lipinski definition) is 0. The first-order chi connectivity index (χ1) is 8.42. The summed E-state index contributed by atoms with van der Waals surface area (Å²) in [6.45, 7) is 4.23. The molecule has 1 aromatic rings. The van der Waals surface area contributed by atoms with E-state index in [-0.39, 0.29) is 29.4 Å². The molecule has 1 aromatic carbocycles. The average molecular weight is 269 g/mol. The fourth-order valence-electron chi connectivity index (χ4n) is 2.92. The first kappa shape index (κ1) is 13.5. The third-order valence-electron chi connectivity index (χ3n) is 4.06. The zero-order chi connectivity index (χ0) is 13.3. The lowest BCUT2D eigenvalue weighted by molar-refractivity contribution is -0.124. The summed E-state index contributed by atoms with van der Waals surface area (Å²) in [6, 6.07) is 4.55. The van der Waals surface area contributed by atoms with Gasteiger partial charge >= 0.3 is 0 Å². The molecule has 1 saturated carbocycles. The second kappa shape index (κ2) is 5.00. The molecule has 1 unspecified atom stereocenters. The second-order valence-electron chi connectivity index (χ2n) is 5.78. The number of carbonyl (C=O) groups excluding carboxylic acids is 1. The molecule has 0 heterocycles. The van der Waals surface area contributed by atoms with Gasteiger partial charge in [0.25, 0.3) is 0 Å². The van der Waals surface area contributed by atoms with Gasteiger partial charge in [-0.15, -0.1) is 0 Å². The molecule has 0 saturated heterocycles. The average Bonchev–Trinajstić information content (AvgIpc) is 2.63. The van der Waals surface area contributed by atoms with Crippen LogP contribution < -0.4 is 0 Å². The summed E-state index contributed by atoms with van der Waals surface area (Å²) in [5.41, 5.74) is 0.376. The predicted octanol–water partition coefficient (Wildman–Crippen LogP) is 4.42. The molecule has 0 aromatic heterocycles. The normalized spacial score (nSPS) is 22.1. The highest BCUT2D eigenvalue weighted by Crippen LogP contribution is 2.43. The molecule has 0 bridgehead atoms. The standard InChI is InChI=1S/C15H18ClFO/c1-15(2)8-4-5-11(15)14(18)9-10-12(16)6-3-7-13(10)17/h3,6-7,11H,4-5,8-9H2,1-2H3. The molecule has 2 rings (SSSR count). The molecule has 18 heavy (non-hydrogen) atoms. The summed E-state index contributed by atoms with van der Waals surface area (Å²) in [5.74, 6) is -0.232. The van der Waals surface area contributed by atoms with Gasteiger partial charge in [0.1, 0.15) is 11.6 Å². The molecule has 0 aliphatic heterocycles. The van der Waals surface area contributed by atoms with E-state index in [0.717, 1.165) is 19.3 Å². The van der Waals surface area contributed by atoms with Crippen molar-refractivity contribution in [3.05, 3.63) is 34.6 Å². The van der Waals surface area contributed by atoms with Gasteiger partial charge in [0.2, 0.25) is 0 Å². The molecule has 0 amide bonds. The van der Waals surface area contributed by atoms with E-state index in [1.807, 2.05) is 0 Å². The van der Waals surface area contributed by atoms with Gasteiger partial charge in [0, 0.05) is 22.9 Å². The van der Waals surface area contributed by atoms with Crippen molar-refractivity contribution in [3.8, 4) is 0 Å². The van der Waals surface area contributed by atoms with E-state index in [2.05, 4.69) is 13.8 Å². The van der Waals surface area contributed by atoms with Crippen molar-refractivity contribution in [1.82, 2.24) is 0 Å². The first-order valence-electron chi connectivity index (χ1n) is 6.37. The Hall–Kier alpha value is -0.890. The van der Waals surface area contributed by atoms with E-state index < -0.39 is 0 Å². The Morgan fingerprint density at radius 1 is 1.50 bits per heavy atom. The zero-order valence-electron chi connectivity index (χ0n) is 10.8. The minimum atomic E-state index is -0.383. The quantitative estimate of drug-likeness (QED) is 0.793. The number of carbonyl (C=O) groups is 1. The van der Waals surface area contributed by atoms with Gasteiger partial charge in [-0.2, -0.15) is 0 Å². The number of benzene rings is 1. The van der Waals surface area contributed by atoms with Gasteiger partial charge in [-0.3, -0.25) is 4.79 Å². The molecule has 1 aliphatic carbocycles. The van der Waals surface area contributed by atoms with Crippen LogP contribution in [0.15, 0.2) is 18.2 Å². The van der Waals surface area contributed by atoms with Crippen molar-refractivity contribution in [1.29, 1.82) is 0 Å². The Morgan fingerprint density at radius 3 is 2.78 bits per heavy atom. The minimum Gasteiger partial charge on any atom is -0.299 e. The van der Waals surface area contributed by atoms with Gasteiger partial charge in [-0.1, -0.05) is 37.9 Å². The molecule has 3 heteroatoms. The van der Waals surface area contributed by atoms with Crippen molar-refractivity contribution in [2.75, 3.05) is 0 Å². The Balaban J connectivity index is 2.17. The third kappa shape index (κ3) is 2.59. The monoisotopic (exact) mass is 268 g/mol. The van der Waals surface area contributed by atoms with Crippen LogP contribution in [0.5, 0.6) is 0 Å². The van der Waals surface area contributed by atoms with Crippen LogP contribution >= 0.6 is 11.6 Å². The largest absolute Gasteiger partial charge is 0.299 e. The summed E-state index contributed by atoms with van der Waals surface area (Å²) < 4.78 is 13.7. The van der Waals surface area contributed by atoms with Crippen LogP contribution in [0.25, 0.3) is 0 Å². The molecule has 0 spiro atoms. The molecule has 98 valence electrons. The summed E-state index contributed by atoms with van der Waals surface area (Å²) >= 11 is 5.96. The fourth-order valence-corrected chi connectivity index (χ4v) is 3.15. The first-order valence-corrected chi connectivity index (χ1v) is 6.75. The maximum atomic E-state index is 13.7. The van der Waals surface area contributed by atoms with E-state index in [1.54, 1.807) is 12.1 Å². The number of halogens is 2. The summed E-state index contributed by atoms with van der Waals surface area (Å²) in [6.07, 6.45) is 3.17. The molecule has 1 aliphatic rings. The highest BCUT2D eigenvalue weighted by atomic mass is 35.5. The maximum absolute atomic E-state index is 13.7. The molecule has 0 N–H and O–H groups in total. The number of rotatable bonds is 3. The van der Waals surface area contributed by atoms with E-state index in [9.17, 15) is 9.18 Å². The van der Waals surface area contributed by atoms with Gasteiger partial charge in [-0.25, -0.2) is 4.39 Å². The van der Waals surface area contributed by atoms with Crippen LogP contribution in [-0.4, -0.2) is 5.78 Å². The van der Waals surface area contributed by atoms with Crippen molar-refractivity contribution >= 4 is 17.4 Å². The second-order valence-corrected chi connectivity index (χ2v) is 6.18. The smallest absolute Gasteiger partial charge is 0.141 e. The SMILES string of the molecule is CC1(C)CCCC1C(=O)Cc1c(F)cccc1Cl. The van der Waals surface area contributed by atoms with Gasteiger partial charge in [0.15, 0.2) is 0 Å². The summed E-state index contributed by atoms with van der Waals surface area (Å²) in [7, 11) is 0. The van der Waals surface area contributed by atoms with Crippen molar-refractivity contribution < 1.29 is 9.18 Å².